The van der Waals surface area contributed by atoms with Crippen LogP contribution >= 0.6 is 0 Å². The van der Waals surface area contributed by atoms with E-state index in [4.69, 9.17) is 5.11 Å². The van der Waals surface area contributed by atoms with E-state index in [-0.39, 0.29) is 18.4 Å². The molecule has 6 heteroatoms. The Morgan fingerprint density at radius 3 is 2.31 bits per heavy atom. The van der Waals surface area contributed by atoms with E-state index < -0.39 is 23.2 Å². The zero-order valence-corrected chi connectivity index (χ0v) is 8.08. The van der Waals surface area contributed by atoms with Gasteiger partial charge in [-0.1, -0.05) is 6.07 Å². The average Bonchev–Trinajstić information content (AvgIpc) is 2.18. The minimum absolute atomic E-state index is 0.0678. The van der Waals surface area contributed by atoms with E-state index in [0.29, 0.717) is 12.4 Å². The van der Waals surface area contributed by atoms with E-state index in [1.165, 1.54) is 0 Å². The maximum Gasteiger partial charge on any atom is 0.420 e. The van der Waals surface area contributed by atoms with Crippen LogP contribution in [-0.4, -0.2) is 16.5 Å². The maximum atomic E-state index is 12.3. The van der Waals surface area contributed by atoms with Crippen molar-refractivity contribution in [2.75, 3.05) is 0 Å². The number of hydrogen-bond donors (Lipinski definition) is 2. The quantitative estimate of drug-likeness (QED) is 0.623. The summed E-state index contributed by atoms with van der Waals surface area (Å²) >= 11 is 0. The lowest BCUT2D eigenvalue weighted by atomic mass is 10.0. The van der Waals surface area contributed by atoms with Crippen LogP contribution in [0.15, 0.2) is 12.1 Å². The molecule has 16 heavy (non-hydrogen) atoms. The van der Waals surface area contributed by atoms with Crippen LogP contribution in [-0.2, 0) is 17.4 Å². The molecule has 2 N–H and O–H groups in total. The van der Waals surface area contributed by atoms with Gasteiger partial charge in [-0.25, -0.2) is 0 Å². The first-order chi connectivity index (χ1) is 7.38. The van der Waals surface area contributed by atoms with Gasteiger partial charge in [-0.2, -0.15) is 13.2 Å². The number of hydrogen-bond acceptors (Lipinski definition) is 3. The molecule has 0 radical (unpaired) electrons. The monoisotopic (exact) mass is 234 g/mol. The molecule has 0 aliphatic carbocycles. The van der Waals surface area contributed by atoms with Gasteiger partial charge in [0.2, 0.25) is 0 Å². The Morgan fingerprint density at radius 1 is 1.19 bits per heavy atom. The van der Waals surface area contributed by atoms with Crippen LogP contribution in [0, 0.1) is 0 Å². The van der Waals surface area contributed by atoms with Gasteiger partial charge in [0.1, 0.15) is 11.8 Å². The summed E-state index contributed by atoms with van der Waals surface area (Å²) in [7, 11) is 0. The lowest BCUT2D eigenvalue weighted by molar-refractivity contribution is -0.138. The summed E-state index contributed by atoms with van der Waals surface area (Å²) in [5.41, 5.74) is -1.18. The molecule has 0 aliphatic rings. The molecule has 0 saturated carbocycles. The summed E-state index contributed by atoms with van der Waals surface area (Å²) in [5, 5.41) is 18.5. The smallest absolute Gasteiger partial charge is 0.420 e. The zero-order chi connectivity index (χ0) is 12.3. The first-order valence-corrected chi connectivity index (χ1v) is 4.42. The second-order valence-electron chi connectivity index (χ2n) is 3.17. The molecular formula is C10H9F3O3. The van der Waals surface area contributed by atoms with Gasteiger partial charge in [-0.05, 0) is 18.1 Å². The molecule has 0 bridgehead atoms. The Kier molecular flexibility index (Phi) is 3.41. The van der Waals surface area contributed by atoms with E-state index in [1.807, 2.05) is 0 Å². The highest BCUT2D eigenvalue weighted by Gasteiger charge is 2.35. The molecule has 88 valence electrons. The first-order valence-electron chi connectivity index (χ1n) is 4.42. The third-order valence-corrected chi connectivity index (χ3v) is 2.07. The number of rotatable bonds is 3. The van der Waals surface area contributed by atoms with Gasteiger partial charge in [0, 0.05) is 6.42 Å². The Bertz CT molecular complexity index is 399. The van der Waals surface area contributed by atoms with Crippen LogP contribution in [0.25, 0.3) is 0 Å². The van der Waals surface area contributed by atoms with Gasteiger partial charge in [0.25, 0.3) is 0 Å². The van der Waals surface area contributed by atoms with Crippen LogP contribution in [0.1, 0.15) is 17.5 Å². The number of aryl methyl sites for hydroxylation is 1. The Morgan fingerprint density at radius 2 is 1.81 bits per heavy atom. The summed E-state index contributed by atoms with van der Waals surface area (Å²) in [6.07, 6.45) is -3.99. The van der Waals surface area contributed by atoms with Crippen LogP contribution in [0.2, 0.25) is 0 Å². The molecule has 0 aliphatic heterocycles. The standard InChI is InChI=1S/C10H9F3O3/c11-10(12,13)7-4-3-6(2-1-5-14)8(15)9(7)16/h3-5,15-16H,1-2H2. The molecule has 0 amide bonds. The Hall–Kier alpha value is -1.72. The highest BCUT2D eigenvalue weighted by atomic mass is 19.4. The fraction of sp³-hybridized carbons (Fsp3) is 0.300. The van der Waals surface area contributed by atoms with Crippen molar-refractivity contribution < 1.29 is 28.2 Å². The molecule has 0 aromatic heterocycles. The van der Waals surface area contributed by atoms with Crippen LogP contribution in [0.5, 0.6) is 11.5 Å². The van der Waals surface area contributed by atoms with Crippen molar-refractivity contribution in [1.82, 2.24) is 0 Å². The van der Waals surface area contributed by atoms with Gasteiger partial charge in [0.05, 0.1) is 0 Å². The average molecular weight is 234 g/mol. The van der Waals surface area contributed by atoms with Crippen LogP contribution < -0.4 is 0 Å². The second-order valence-corrected chi connectivity index (χ2v) is 3.17. The van der Waals surface area contributed by atoms with Crippen molar-refractivity contribution in [1.29, 1.82) is 0 Å². The molecule has 0 heterocycles. The molecular weight excluding hydrogens is 225 g/mol. The molecule has 0 spiro atoms. The van der Waals surface area contributed by atoms with Crippen LogP contribution in [0.3, 0.4) is 0 Å². The highest BCUT2D eigenvalue weighted by Crippen LogP contribution is 2.42. The molecule has 1 rings (SSSR count). The molecule has 3 nitrogen and oxygen atoms in total. The summed E-state index contributed by atoms with van der Waals surface area (Å²) in [5.74, 6) is -2.02. The Balaban J connectivity index is 3.13. The normalized spacial score (nSPS) is 11.4. The molecule has 0 fully saturated rings. The number of carbonyl (C=O) groups excluding carboxylic acids is 1. The topological polar surface area (TPSA) is 57.5 Å². The number of halogens is 3. The van der Waals surface area contributed by atoms with Crippen molar-refractivity contribution in [2.24, 2.45) is 0 Å². The summed E-state index contributed by atoms with van der Waals surface area (Å²) < 4.78 is 36.9. The summed E-state index contributed by atoms with van der Waals surface area (Å²) in [6.45, 7) is 0. The van der Waals surface area contributed by atoms with Gasteiger partial charge >= 0.3 is 6.18 Å². The van der Waals surface area contributed by atoms with E-state index >= 15 is 0 Å². The van der Waals surface area contributed by atoms with E-state index in [9.17, 15) is 23.1 Å². The predicted octanol–water partition coefficient (Wildman–Crippen LogP) is 2.25. The van der Waals surface area contributed by atoms with E-state index in [0.717, 1.165) is 6.07 Å². The molecule has 0 saturated heterocycles. The van der Waals surface area contributed by atoms with Gasteiger partial charge < -0.3 is 15.0 Å². The highest BCUT2D eigenvalue weighted by molar-refractivity contribution is 5.54. The van der Waals surface area contributed by atoms with Crippen molar-refractivity contribution >= 4 is 6.29 Å². The lowest BCUT2D eigenvalue weighted by Gasteiger charge is -2.12. The van der Waals surface area contributed by atoms with E-state index in [2.05, 4.69) is 0 Å². The van der Waals surface area contributed by atoms with Crippen molar-refractivity contribution in [3.05, 3.63) is 23.3 Å². The molecule has 0 atom stereocenters. The predicted molar refractivity (Wildman–Crippen MR) is 49.2 cm³/mol. The first kappa shape index (κ1) is 12.4. The number of carbonyl (C=O) groups is 1. The second kappa shape index (κ2) is 4.42. The number of alkyl halides is 3. The van der Waals surface area contributed by atoms with Gasteiger partial charge in [0.15, 0.2) is 11.5 Å². The number of benzene rings is 1. The number of aldehydes is 1. The zero-order valence-electron chi connectivity index (χ0n) is 8.08. The molecule has 1 aromatic rings. The van der Waals surface area contributed by atoms with Gasteiger partial charge in [-0.3, -0.25) is 0 Å². The number of phenolic OH excluding ortho intramolecular Hbond substituents is 2. The van der Waals surface area contributed by atoms with E-state index in [1.54, 1.807) is 0 Å². The third kappa shape index (κ3) is 2.44. The fourth-order valence-corrected chi connectivity index (χ4v) is 1.27. The number of aromatic hydroxyl groups is 2. The minimum atomic E-state index is -4.72. The van der Waals surface area contributed by atoms with Crippen LogP contribution in [0.4, 0.5) is 13.2 Å². The maximum absolute atomic E-state index is 12.3. The number of phenols is 2. The summed E-state index contributed by atoms with van der Waals surface area (Å²) in [4.78, 5) is 10.1. The van der Waals surface area contributed by atoms with Crippen molar-refractivity contribution in [3.63, 3.8) is 0 Å². The summed E-state index contributed by atoms with van der Waals surface area (Å²) in [6, 6.07) is 1.72. The molecule has 1 aromatic carbocycles. The van der Waals surface area contributed by atoms with Crippen molar-refractivity contribution in [2.45, 2.75) is 19.0 Å². The van der Waals surface area contributed by atoms with Gasteiger partial charge in [-0.15, -0.1) is 0 Å². The third-order valence-electron chi connectivity index (χ3n) is 2.07. The lowest BCUT2D eigenvalue weighted by Crippen LogP contribution is -2.05. The minimum Gasteiger partial charge on any atom is -0.504 e. The van der Waals surface area contributed by atoms with Crippen molar-refractivity contribution in [3.8, 4) is 11.5 Å². The fourth-order valence-electron chi connectivity index (χ4n) is 1.27. The largest absolute Gasteiger partial charge is 0.504 e. The molecule has 0 unspecified atom stereocenters. The Labute approximate surface area is 89.1 Å². The SMILES string of the molecule is O=CCCc1ccc(C(F)(F)F)c(O)c1O.